The molecule has 0 saturated heterocycles. The number of aryl methyl sites for hydroxylation is 1. The average Bonchev–Trinajstić information content (AvgIpc) is 3.27. The first kappa shape index (κ1) is 19.3. The zero-order valence-electron chi connectivity index (χ0n) is 14.9. The Labute approximate surface area is 180 Å². The zero-order valence-corrected chi connectivity index (χ0v) is 18.0. The van der Waals surface area contributed by atoms with Gasteiger partial charge < -0.3 is 0 Å². The topological polar surface area (TPSA) is 46.1 Å². The second-order valence-electron chi connectivity index (χ2n) is 6.14. The van der Waals surface area contributed by atoms with Crippen LogP contribution in [-0.4, -0.2) is 15.9 Å². The molecular formula is C20H15Cl2N3OS2. The van der Waals surface area contributed by atoms with Crippen molar-refractivity contribution >= 4 is 67.1 Å². The molecule has 142 valence electrons. The van der Waals surface area contributed by atoms with Gasteiger partial charge in [0, 0.05) is 12.4 Å². The van der Waals surface area contributed by atoms with Crippen LogP contribution in [0.4, 0.5) is 5.13 Å². The first-order valence-corrected chi connectivity index (χ1v) is 11.0. The van der Waals surface area contributed by atoms with E-state index < -0.39 is 0 Å². The van der Waals surface area contributed by atoms with Crippen LogP contribution >= 0.6 is 45.9 Å². The van der Waals surface area contributed by atoms with Crippen LogP contribution in [0, 0.1) is 0 Å². The largest absolute Gasteiger partial charge is 0.279 e. The minimum Gasteiger partial charge on any atom is -0.279 e. The fraction of sp³-hybridized carbons (Fsp3) is 0.150. The molecule has 0 atom stereocenters. The molecule has 4 nitrogen and oxygen atoms in total. The smallest absolute Gasteiger partial charge is 0.262 e. The summed E-state index contributed by atoms with van der Waals surface area (Å²) in [5, 5.41) is 0.621. The van der Waals surface area contributed by atoms with Gasteiger partial charge in [-0.25, -0.2) is 4.98 Å². The minimum absolute atomic E-state index is 0.230. The SMILES string of the molecule is CCc1ccc2nc(N(Cc3cccnc3)C(=O)c3cc(Cl)sc3Cl)sc2c1. The Balaban J connectivity index is 1.78. The Morgan fingerprint density at radius 2 is 2.00 bits per heavy atom. The number of rotatable bonds is 5. The van der Waals surface area contributed by atoms with E-state index in [0.717, 1.165) is 22.2 Å². The summed E-state index contributed by atoms with van der Waals surface area (Å²) in [5.41, 5.74) is 3.40. The van der Waals surface area contributed by atoms with Gasteiger partial charge in [-0.05, 0) is 41.8 Å². The highest BCUT2D eigenvalue weighted by molar-refractivity contribution is 7.22. The monoisotopic (exact) mass is 447 g/mol. The molecule has 0 aliphatic carbocycles. The van der Waals surface area contributed by atoms with Gasteiger partial charge in [0.25, 0.3) is 5.91 Å². The van der Waals surface area contributed by atoms with Crippen LogP contribution in [0.2, 0.25) is 8.67 Å². The van der Waals surface area contributed by atoms with Crippen molar-refractivity contribution in [2.24, 2.45) is 0 Å². The van der Waals surface area contributed by atoms with E-state index in [4.69, 9.17) is 28.2 Å². The molecule has 28 heavy (non-hydrogen) atoms. The van der Waals surface area contributed by atoms with Crippen molar-refractivity contribution in [1.29, 1.82) is 0 Å². The number of aromatic nitrogens is 2. The van der Waals surface area contributed by atoms with Crippen molar-refractivity contribution in [3.63, 3.8) is 0 Å². The van der Waals surface area contributed by atoms with E-state index in [-0.39, 0.29) is 5.91 Å². The second kappa shape index (κ2) is 8.17. The number of nitrogens with zero attached hydrogens (tertiary/aromatic N) is 3. The van der Waals surface area contributed by atoms with Crippen molar-refractivity contribution in [1.82, 2.24) is 9.97 Å². The summed E-state index contributed by atoms with van der Waals surface area (Å²) in [6.07, 6.45) is 4.39. The third-order valence-corrected chi connectivity index (χ3v) is 6.81. The molecule has 4 rings (SSSR count). The maximum atomic E-state index is 13.3. The minimum atomic E-state index is -0.230. The number of halogens is 2. The van der Waals surface area contributed by atoms with E-state index in [1.807, 2.05) is 18.2 Å². The van der Waals surface area contributed by atoms with Crippen LogP contribution in [0.1, 0.15) is 28.4 Å². The van der Waals surface area contributed by atoms with Gasteiger partial charge in [0.05, 0.1) is 26.7 Å². The van der Waals surface area contributed by atoms with E-state index in [9.17, 15) is 4.79 Å². The molecule has 4 aromatic rings. The molecule has 3 aromatic heterocycles. The van der Waals surface area contributed by atoms with Crippen LogP contribution in [0.3, 0.4) is 0 Å². The fourth-order valence-electron chi connectivity index (χ4n) is 2.82. The van der Waals surface area contributed by atoms with Crippen molar-refractivity contribution in [2.45, 2.75) is 19.9 Å². The zero-order chi connectivity index (χ0) is 19.7. The van der Waals surface area contributed by atoms with Crippen LogP contribution < -0.4 is 4.90 Å². The molecule has 0 radical (unpaired) electrons. The van der Waals surface area contributed by atoms with E-state index >= 15 is 0 Å². The standard InChI is InChI=1S/C20H15Cl2N3OS2/c1-2-12-5-6-15-16(8-12)27-20(24-15)25(11-13-4-3-7-23-10-13)19(26)14-9-17(21)28-18(14)22/h3-10H,2,11H2,1H3. The molecule has 8 heteroatoms. The first-order valence-electron chi connectivity index (χ1n) is 8.60. The summed E-state index contributed by atoms with van der Waals surface area (Å²) in [6.45, 7) is 2.46. The molecule has 1 aromatic carbocycles. The quantitative estimate of drug-likeness (QED) is 0.352. The molecule has 0 unspecified atom stereocenters. The van der Waals surface area contributed by atoms with Gasteiger partial charge in [-0.1, -0.05) is 53.6 Å². The van der Waals surface area contributed by atoms with E-state index in [1.165, 1.54) is 28.2 Å². The molecular weight excluding hydrogens is 433 g/mol. The first-order chi connectivity index (χ1) is 13.5. The molecule has 0 aliphatic heterocycles. The highest BCUT2D eigenvalue weighted by Gasteiger charge is 2.25. The van der Waals surface area contributed by atoms with Crippen molar-refractivity contribution in [3.05, 3.63) is 74.2 Å². The molecule has 0 fully saturated rings. The normalized spacial score (nSPS) is 11.1. The van der Waals surface area contributed by atoms with Gasteiger partial charge in [-0.2, -0.15) is 0 Å². The summed E-state index contributed by atoms with van der Waals surface area (Å²) < 4.78 is 1.90. The van der Waals surface area contributed by atoms with Crippen molar-refractivity contribution < 1.29 is 4.79 Å². The van der Waals surface area contributed by atoms with Crippen LogP contribution in [0.25, 0.3) is 10.2 Å². The number of amides is 1. The number of fused-ring (bicyclic) bond motifs is 1. The third kappa shape index (κ3) is 3.91. The number of thiophene rings is 1. The number of anilines is 1. The Bertz CT molecular complexity index is 1140. The van der Waals surface area contributed by atoms with Gasteiger partial charge >= 0.3 is 0 Å². The van der Waals surface area contributed by atoms with Crippen LogP contribution in [-0.2, 0) is 13.0 Å². The number of pyridine rings is 1. The van der Waals surface area contributed by atoms with E-state index in [2.05, 4.69) is 24.0 Å². The predicted octanol–water partition coefficient (Wildman–Crippen LogP) is 6.47. The Morgan fingerprint density at radius 3 is 2.68 bits per heavy atom. The number of thiazole rings is 1. The summed E-state index contributed by atoms with van der Waals surface area (Å²) in [4.78, 5) is 23.8. The second-order valence-corrected chi connectivity index (χ2v) is 9.44. The summed E-state index contributed by atoms with van der Waals surface area (Å²) >= 11 is 15.0. The Kier molecular flexibility index (Phi) is 5.64. The molecule has 3 heterocycles. The van der Waals surface area contributed by atoms with Gasteiger partial charge in [0.1, 0.15) is 4.34 Å². The maximum absolute atomic E-state index is 13.3. The lowest BCUT2D eigenvalue weighted by Crippen LogP contribution is -2.30. The molecule has 0 bridgehead atoms. The Morgan fingerprint density at radius 1 is 1.14 bits per heavy atom. The highest BCUT2D eigenvalue weighted by atomic mass is 35.5. The lowest BCUT2D eigenvalue weighted by atomic mass is 10.2. The Hall–Kier alpha value is -1.99. The lowest BCUT2D eigenvalue weighted by molar-refractivity contribution is 0.0985. The molecule has 1 amide bonds. The van der Waals surface area contributed by atoms with Crippen LogP contribution in [0.15, 0.2) is 48.8 Å². The van der Waals surface area contributed by atoms with Crippen LogP contribution in [0.5, 0.6) is 0 Å². The average molecular weight is 448 g/mol. The summed E-state index contributed by atoms with van der Waals surface area (Å²) in [7, 11) is 0. The maximum Gasteiger partial charge on any atom is 0.262 e. The van der Waals surface area contributed by atoms with Gasteiger partial charge in [0.2, 0.25) is 0 Å². The molecule has 0 saturated carbocycles. The van der Waals surface area contributed by atoms with Gasteiger partial charge in [-0.3, -0.25) is 14.7 Å². The third-order valence-electron chi connectivity index (χ3n) is 4.28. The number of benzene rings is 1. The number of carbonyl (C=O) groups excluding carboxylic acids is 1. The van der Waals surface area contributed by atoms with Crippen molar-refractivity contribution in [3.8, 4) is 0 Å². The fourth-order valence-corrected chi connectivity index (χ4v) is 5.30. The number of carbonyl (C=O) groups is 1. The van der Waals surface area contributed by atoms with E-state index in [0.29, 0.717) is 25.9 Å². The highest BCUT2D eigenvalue weighted by Crippen LogP contribution is 2.35. The molecule has 0 N–H and O–H groups in total. The molecule has 0 spiro atoms. The van der Waals surface area contributed by atoms with Gasteiger partial charge in [0.15, 0.2) is 5.13 Å². The number of hydrogen-bond acceptors (Lipinski definition) is 5. The predicted molar refractivity (Wildman–Crippen MR) is 118 cm³/mol. The van der Waals surface area contributed by atoms with Crippen molar-refractivity contribution in [2.75, 3.05) is 4.90 Å². The van der Waals surface area contributed by atoms with Gasteiger partial charge in [-0.15, -0.1) is 11.3 Å². The number of hydrogen-bond donors (Lipinski definition) is 0. The lowest BCUT2D eigenvalue weighted by Gasteiger charge is -2.19. The summed E-state index contributed by atoms with van der Waals surface area (Å²) in [5.74, 6) is -0.230. The summed E-state index contributed by atoms with van der Waals surface area (Å²) in [6, 6.07) is 11.6. The molecule has 0 aliphatic rings. The van der Waals surface area contributed by atoms with E-state index in [1.54, 1.807) is 23.4 Å².